The summed E-state index contributed by atoms with van der Waals surface area (Å²) in [6.07, 6.45) is -6.23. The van der Waals surface area contributed by atoms with Crippen LogP contribution in [0.1, 0.15) is 15.2 Å². The Labute approximate surface area is 105 Å². The fourth-order valence-corrected chi connectivity index (χ4v) is 1.91. The van der Waals surface area contributed by atoms with Crippen LogP contribution in [0.25, 0.3) is 0 Å². The fourth-order valence-electron chi connectivity index (χ4n) is 1.91. The van der Waals surface area contributed by atoms with E-state index < -0.39 is 56.0 Å². The minimum atomic E-state index is -1.75. The van der Waals surface area contributed by atoms with Crippen molar-refractivity contribution in [3.05, 3.63) is 0 Å². The summed E-state index contributed by atoms with van der Waals surface area (Å²) in [6, 6.07) is -1.52. The number of nitrogens with zero attached hydrogens (tertiary/aromatic N) is 1. The number of carbonyl (C=O) groups is 2. The summed E-state index contributed by atoms with van der Waals surface area (Å²) in [5.41, 5.74) is 0. The number of hydrogen-bond donors (Lipinski definition) is 4. The van der Waals surface area contributed by atoms with Crippen molar-refractivity contribution in [2.45, 2.75) is 44.5 Å². The van der Waals surface area contributed by atoms with Crippen molar-refractivity contribution in [3.63, 3.8) is 0 Å². The first kappa shape index (κ1) is 13.4. The van der Waals surface area contributed by atoms with Crippen LogP contribution in [-0.4, -0.2) is 74.4 Å². The number of hydrogen-bond acceptors (Lipinski definition) is 7. The molecule has 4 N–H and O–H groups in total. The molecule has 1 saturated heterocycles. The van der Waals surface area contributed by atoms with Gasteiger partial charge in [-0.05, 0) is 0 Å². The van der Waals surface area contributed by atoms with Gasteiger partial charge in [-0.1, -0.05) is 0 Å². The Morgan fingerprint density at radius 2 is 1.89 bits per heavy atom. The molecule has 5 atom stereocenters. The highest BCUT2D eigenvalue weighted by Crippen LogP contribution is 2.24. The topological polar surface area (TPSA) is 128 Å². The van der Waals surface area contributed by atoms with Crippen molar-refractivity contribution in [2.24, 2.45) is 0 Å². The summed E-state index contributed by atoms with van der Waals surface area (Å²) in [4.78, 5) is 23.4. The van der Waals surface area contributed by atoms with Crippen molar-refractivity contribution >= 4 is 11.8 Å². The molecule has 0 radical (unpaired) electrons. The first-order valence-corrected chi connectivity index (χ1v) is 5.27. The Kier molecular flexibility index (Phi) is 4.25. The minimum Gasteiger partial charge on any atom is -0.394 e. The van der Waals surface area contributed by atoms with Crippen molar-refractivity contribution in [3.8, 4) is 0 Å². The Hall–Kier alpha value is -1.06. The Balaban J connectivity index is 3.02. The summed E-state index contributed by atoms with van der Waals surface area (Å²) in [5, 5.41) is 38.1. The first-order chi connectivity index (χ1) is 8.84. The van der Waals surface area contributed by atoms with E-state index in [4.69, 9.17) is 11.2 Å². The van der Waals surface area contributed by atoms with Gasteiger partial charge in [0.2, 0.25) is 11.8 Å². The molecule has 18 heavy (non-hydrogen) atoms. The van der Waals surface area contributed by atoms with Crippen LogP contribution in [0.3, 0.4) is 0 Å². The second-order valence-electron chi connectivity index (χ2n) is 4.00. The predicted octanol–water partition coefficient (Wildman–Crippen LogP) is -2.82. The highest BCUT2D eigenvalue weighted by molar-refractivity contribution is 5.93. The van der Waals surface area contributed by atoms with E-state index in [-0.39, 0.29) is 0 Å². The van der Waals surface area contributed by atoms with E-state index in [0.29, 0.717) is 4.90 Å². The maximum absolute atomic E-state index is 11.5. The van der Waals surface area contributed by atoms with Crippen LogP contribution in [0.5, 0.6) is 0 Å². The van der Waals surface area contributed by atoms with E-state index in [0.717, 1.165) is 6.92 Å². The van der Waals surface area contributed by atoms with Gasteiger partial charge in [0, 0.05) is 15.2 Å². The highest BCUT2D eigenvalue weighted by atomic mass is 16.6. The lowest BCUT2D eigenvalue weighted by Crippen LogP contribution is -2.65. The van der Waals surface area contributed by atoms with Crippen LogP contribution in [0.15, 0.2) is 0 Å². The van der Waals surface area contributed by atoms with E-state index in [1.807, 2.05) is 0 Å². The molecule has 8 nitrogen and oxygen atoms in total. The standard InChI is InChI=1S/C10H17NO7/c1-4(13)11(5(2)14)7-9(16)8(15)6(3-12)18-10(7)17/h6-10,12,15-17H,3H2,1-2H3/t6-,7-,8+,9-,10?/m1/s1/i1D. The Morgan fingerprint density at radius 1 is 1.28 bits per heavy atom. The smallest absolute Gasteiger partial charge is 0.226 e. The molecular weight excluding hydrogens is 246 g/mol. The summed E-state index contributed by atoms with van der Waals surface area (Å²) >= 11 is 0. The summed E-state index contributed by atoms with van der Waals surface area (Å²) in [7, 11) is 0. The number of aliphatic hydroxyl groups excluding tert-OH is 4. The molecule has 0 spiro atoms. The number of ether oxygens (including phenoxy) is 1. The van der Waals surface area contributed by atoms with E-state index in [1.54, 1.807) is 0 Å². The SMILES string of the molecule is [2H]CC(=O)N(C(C)=O)[C@H]1C(O)O[C@H](CO)[C@H](O)[C@@H]1O. The second kappa shape index (κ2) is 5.72. The Bertz CT molecular complexity index is 353. The largest absolute Gasteiger partial charge is 0.394 e. The number of amides is 2. The van der Waals surface area contributed by atoms with Gasteiger partial charge in [-0.25, -0.2) is 0 Å². The molecule has 1 aliphatic rings. The van der Waals surface area contributed by atoms with Gasteiger partial charge in [-0.15, -0.1) is 0 Å². The van der Waals surface area contributed by atoms with Gasteiger partial charge in [-0.3, -0.25) is 14.5 Å². The van der Waals surface area contributed by atoms with Crippen LogP contribution >= 0.6 is 0 Å². The van der Waals surface area contributed by atoms with Crippen molar-refractivity contribution < 1.29 is 36.1 Å². The number of rotatable bonds is 2. The molecular formula is C10H17NO7. The lowest BCUT2D eigenvalue weighted by molar-refractivity contribution is -0.268. The average Bonchev–Trinajstić information content (AvgIpc) is 2.37. The summed E-state index contributed by atoms with van der Waals surface area (Å²) in [6.45, 7) is -0.374. The van der Waals surface area contributed by atoms with E-state index in [1.165, 1.54) is 0 Å². The molecule has 8 heteroatoms. The number of carbonyl (C=O) groups excluding carboxylic acids is 2. The molecule has 0 aromatic carbocycles. The quantitative estimate of drug-likeness (QED) is 0.423. The van der Waals surface area contributed by atoms with Gasteiger partial charge in [0.15, 0.2) is 6.29 Å². The lowest BCUT2D eigenvalue weighted by Gasteiger charge is -2.43. The van der Waals surface area contributed by atoms with Gasteiger partial charge < -0.3 is 25.2 Å². The third-order valence-electron chi connectivity index (χ3n) is 2.77. The average molecular weight is 264 g/mol. The zero-order chi connectivity index (χ0) is 14.7. The molecule has 1 fully saturated rings. The zero-order valence-corrected chi connectivity index (χ0v) is 9.76. The maximum Gasteiger partial charge on any atom is 0.226 e. The third kappa shape index (κ3) is 2.68. The van der Waals surface area contributed by atoms with Crippen LogP contribution in [0, 0.1) is 0 Å². The van der Waals surface area contributed by atoms with Crippen molar-refractivity contribution in [2.75, 3.05) is 6.61 Å². The number of imide groups is 1. The molecule has 1 aliphatic heterocycles. The van der Waals surface area contributed by atoms with E-state index >= 15 is 0 Å². The molecule has 1 heterocycles. The van der Waals surface area contributed by atoms with Gasteiger partial charge >= 0.3 is 0 Å². The lowest BCUT2D eigenvalue weighted by atomic mass is 9.95. The molecule has 0 aliphatic carbocycles. The molecule has 1 unspecified atom stereocenters. The minimum absolute atomic E-state index is 0.485. The normalized spacial score (nSPS) is 36.9. The molecule has 1 rings (SSSR count). The van der Waals surface area contributed by atoms with Gasteiger partial charge in [-0.2, -0.15) is 0 Å². The molecule has 0 aromatic heterocycles. The molecule has 0 aromatic rings. The monoisotopic (exact) mass is 264 g/mol. The van der Waals surface area contributed by atoms with Crippen LogP contribution in [0.4, 0.5) is 0 Å². The molecule has 0 saturated carbocycles. The fraction of sp³-hybridized carbons (Fsp3) is 0.800. The maximum atomic E-state index is 11.5. The van der Waals surface area contributed by atoms with Gasteiger partial charge in [0.1, 0.15) is 24.4 Å². The molecule has 2 amide bonds. The van der Waals surface area contributed by atoms with Crippen molar-refractivity contribution in [1.82, 2.24) is 4.90 Å². The zero-order valence-electron chi connectivity index (χ0n) is 10.8. The third-order valence-corrected chi connectivity index (χ3v) is 2.77. The number of aliphatic hydroxyl groups is 4. The van der Waals surface area contributed by atoms with Gasteiger partial charge in [0.05, 0.1) is 6.61 Å². The first-order valence-electron chi connectivity index (χ1n) is 5.98. The second-order valence-corrected chi connectivity index (χ2v) is 4.00. The van der Waals surface area contributed by atoms with E-state index in [2.05, 4.69) is 0 Å². The predicted molar refractivity (Wildman–Crippen MR) is 57.0 cm³/mol. The molecule has 0 bridgehead atoms. The highest BCUT2D eigenvalue weighted by Gasteiger charge is 2.48. The van der Waals surface area contributed by atoms with Crippen LogP contribution < -0.4 is 0 Å². The van der Waals surface area contributed by atoms with Crippen molar-refractivity contribution in [1.29, 1.82) is 0 Å². The summed E-state index contributed by atoms with van der Waals surface area (Å²) in [5.74, 6) is -1.73. The van der Waals surface area contributed by atoms with Crippen LogP contribution in [-0.2, 0) is 14.3 Å². The molecule has 104 valence electrons. The Morgan fingerprint density at radius 3 is 2.33 bits per heavy atom. The summed E-state index contributed by atoms with van der Waals surface area (Å²) < 4.78 is 11.8. The van der Waals surface area contributed by atoms with Crippen LogP contribution in [0.2, 0.25) is 0 Å². The van der Waals surface area contributed by atoms with Gasteiger partial charge in [0.25, 0.3) is 0 Å². The van der Waals surface area contributed by atoms with E-state index in [9.17, 15) is 24.9 Å².